The molecule has 0 aliphatic heterocycles. The summed E-state index contributed by atoms with van der Waals surface area (Å²) in [7, 11) is -3.96. The van der Waals surface area contributed by atoms with Crippen LogP contribution in [0.5, 0.6) is 0 Å². The van der Waals surface area contributed by atoms with Crippen molar-refractivity contribution in [2.45, 2.75) is 21.9 Å². The van der Waals surface area contributed by atoms with E-state index in [9.17, 15) is 18.3 Å². The zero-order valence-corrected chi connectivity index (χ0v) is 12.5. The number of aromatic carboxylic acids is 1. The average molecular weight is 325 g/mol. The van der Waals surface area contributed by atoms with Gasteiger partial charge in [0.1, 0.15) is 0 Å². The fourth-order valence-electron chi connectivity index (χ4n) is 1.47. The second-order valence-corrected chi connectivity index (χ2v) is 6.72. The normalized spacial score (nSPS) is 11.3. The predicted octanol–water partition coefficient (Wildman–Crippen LogP) is 1.28. The van der Waals surface area contributed by atoms with Gasteiger partial charge in [0.05, 0.1) is 10.5 Å². The van der Waals surface area contributed by atoms with Crippen molar-refractivity contribution < 1.29 is 18.3 Å². The van der Waals surface area contributed by atoms with Gasteiger partial charge in [-0.3, -0.25) is 0 Å². The molecule has 0 radical (unpaired) electrons. The number of hydrogen-bond acceptors (Lipinski definition) is 6. The van der Waals surface area contributed by atoms with E-state index in [0.717, 1.165) is 23.4 Å². The Kier molecular flexibility index (Phi) is 4.26. The molecule has 0 saturated heterocycles. The summed E-state index contributed by atoms with van der Waals surface area (Å²) >= 11 is 1.03. The van der Waals surface area contributed by atoms with Crippen molar-refractivity contribution in [3.63, 3.8) is 0 Å². The Morgan fingerprint density at radius 2 is 1.90 bits per heavy atom. The van der Waals surface area contributed by atoms with E-state index in [2.05, 4.69) is 9.97 Å². The van der Waals surface area contributed by atoms with E-state index in [4.69, 9.17) is 5.14 Å². The van der Waals surface area contributed by atoms with Gasteiger partial charge in [0.2, 0.25) is 10.0 Å². The summed E-state index contributed by atoms with van der Waals surface area (Å²) < 4.78 is 22.5. The Hall–Kier alpha value is -1.97. The molecule has 0 unspecified atom stereocenters. The molecule has 1 aromatic carbocycles. The molecule has 1 heterocycles. The number of sulfonamides is 1. The standard InChI is InChI=1S/C12H11N3O4S2/c1-7-5-14-12(15-6-7)20-10-3-2-8(21(13,18)19)4-9(10)11(16)17/h2-6H,1H3,(H,16,17)(H2,13,18,19). The number of carbonyl (C=O) groups is 1. The van der Waals surface area contributed by atoms with Crippen LogP contribution >= 0.6 is 11.8 Å². The van der Waals surface area contributed by atoms with Crippen molar-refractivity contribution >= 4 is 27.8 Å². The number of carboxylic acid groups (broad SMARTS) is 1. The molecule has 1 aromatic heterocycles. The highest BCUT2D eigenvalue weighted by molar-refractivity contribution is 7.99. The number of rotatable bonds is 4. The first-order valence-electron chi connectivity index (χ1n) is 5.64. The van der Waals surface area contributed by atoms with Gasteiger partial charge in [-0.15, -0.1) is 0 Å². The number of carboxylic acids is 1. The molecule has 0 bridgehead atoms. The molecule has 2 rings (SSSR count). The maximum Gasteiger partial charge on any atom is 0.336 e. The van der Waals surface area contributed by atoms with E-state index in [0.29, 0.717) is 10.1 Å². The Bertz CT molecular complexity index is 789. The van der Waals surface area contributed by atoms with E-state index in [-0.39, 0.29) is 10.5 Å². The zero-order chi connectivity index (χ0) is 15.6. The zero-order valence-electron chi connectivity index (χ0n) is 10.8. The Morgan fingerprint density at radius 1 is 1.29 bits per heavy atom. The Balaban J connectivity index is 2.44. The van der Waals surface area contributed by atoms with Crippen molar-refractivity contribution in [1.82, 2.24) is 9.97 Å². The largest absolute Gasteiger partial charge is 0.478 e. The van der Waals surface area contributed by atoms with E-state index >= 15 is 0 Å². The van der Waals surface area contributed by atoms with Crippen molar-refractivity contribution in [1.29, 1.82) is 0 Å². The highest BCUT2D eigenvalue weighted by Crippen LogP contribution is 2.29. The lowest BCUT2D eigenvalue weighted by Gasteiger charge is -2.07. The topological polar surface area (TPSA) is 123 Å². The van der Waals surface area contributed by atoms with Gasteiger partial charge in [0.15, 0.2) is 5.16 Å². The Labute approximate surface area is 125 Å². The van der Waals surface area contributed by atoms with Crippen LogP contribution in [0.4, 0.5) is 0 Å². The highest BCUT2D eigenvalue weighted by Gasteiger charge is 2.17. The summed E-state index contributed by atoms with van der Waals surface area (Å²) in [5.41, 5.74) is 0.707. The lowest BCUT2D eigenvalue weighted by Crippen LogP contribution is -2.13. The summed E-state index contributed by atoms with van der Waals surface area (Å²) in [6.07, 6.45) is 3.21. The van der Waals surface area contributed by atoms with Crippen LogP contribution in [0.25, 0.3) is 0 Å². The van der Waals surface area contributed by atoms with Gasteiger partial charge >= 0.3 is 5.97 Å². The van der Waals surface area contributed by atoms with Gasteiger partial charge in [0, 0.05) is 17.3 Å². The fourth-order valence-corrected chi connectivity index (χ4v) is 2.81. The van der Waals surface area contributed by atoms with Crippen LogP contribution in [0.1, 0.15) is 15.9 Å². The second-order valence-electron chi connectivity index (χ2n) is 4.15. The summed E-state index contributed by atoms with van der Waals surface area (Å²) in [5, 5.41) is 14.5. The van der Waals surface area contributed by atoms with Crippen LogP contribution in [-0.4, -0.2) is 29.5 Å². The molecule has 3 N–H and O–H groups in total. The molecule has 0 amide bonds. The van der Waals surface area contributed by atoms with Crippen LogP contribution in [0.2, 0.25) is 0 Å². The minimum atomic E-state index is -3.96. The van der Waals surface area contributed by atoms with Crippen molar-refractivity contribution in [2.24, 2.45) is 5.14 Å². The van der Waals surface area contributed by atoms with Crippen LogP contribution in [0.15, 0.2) is 45.5 Å². The third-order valence-electron chi connectivity index (χ3n) is 2.47. The van der Waals surface area contributed by atoms with E-state index in [1.165, 1.54) is 12.1 Å². The van der Waals surface area contributed by atoms with E-state index < -0.39 is 16.0 Å². The monoisotopic (exact) mass is 325 g/mol. The Morgan fingerprint density at radius 3 is 2.43 bits per heavy atom. The summed E-state index contributed by atoms with van der Waals surface area (Å²) in [5.74, 6) is -1.25. The number of aryl methyl sites for hydroxylation is 1. The maximum absolute atomic E-state index is 11.3. The quantitative estimate of drug-likeness (QED) is 0.811. The molecule has 110 valence electrons. The molecule has 0 atom stereocenters. The SMILES string of the molecule is Cc1cnc(Sc2ccc(S(N)(=O)=O)cc2C(=O)O)nc1. The lowest BCUT2D eigenvalue weighted by atomic mass is 10.2. The molecule has 0 spiro atoms. The molecule has 0 aliphatic carbocycles. The van der Waals surface area contributed by atoms with Gasteiger partial charge in [-0.05, 0) is 42.4 Å². The summed E-state index contributed by atoms with van der Waals surface area (Å²) in [6.45, 7) is 1.83. The molecule has 0 aliphatic rings. The lowest BCUT2D eigenvalue weighted by molar-refractivity contribution is 0.0693. The van der Waals surface area contributed by atoms with Crippen molar-refractivity contribution in [3.8, 4) is 0 Å². The molecule has 0 saturated carbocycles. The number of aromatic nitrogens is 2. The molecule has 2 aromatic rings. The third kappa shape index (κ3) is 3.78. The number of benzene rings is 1. The van der Waals surface area contributed by atoms with E-state index in [1.807, 2.05) is 6.92 Å². The first-order valence-corrected chi connectivity index (χ1v) is 8.00. The molecule has 9 heteroatoms. The minimum absolute atomic E-state index is 0.171. The molecule has 7 nitrogen and oxygen atoms in total. The molecular formula is C12H11N3O4S2. The van der Waals surface area contributed by atoms with Crippen LogP contribution < -0.4 is 5.14 Å². The molecule has 0 fully saturated rings. The molecular weight excluding hydrogens is 314 g/mol. The second kappa shape index (κ2) is 5.80. The van der Waals surface area contributed by atoms with Gasteiger partial charge in [0.25, 0.3) is 0 Å². The average Bonchev–Trinajstić information content (AvgIpc) is 2.40. The van der Waals surface area contributed by atoms with Crippen molar-refractivity contribution in [2.75, 3.05) is 0 Å². The van der Waals surface area contributed by atoms with E-state index in [1.54, 1.807) is 12.4 Å². The number of nitrogens with zero attached hydrogens (tertiary/aromatic N) is 2. The van der Waals surface area contributed by atoms with Crippen molar-refractivity contribution in [3.05, 3.63) is 41.7 Å². The van der Waals surface area contributed by atoms with Crippen LogP contribution in [-0.2, 0) is 10.0 Å². The van der Waals surface area contributed by atoms with Crippen LogP contribution in [0.3, 0.4) is 0 Å². The minimum Gasteiger partial charge on any atom is -0.478 e. The summed E-state index contributed by atoms with van der Waals surface area (Å²) in [4.78, 5) is 19.5. The number of primary sulfonamides is 1. The molecule has 21 heavy (non-hydrogen) atoms. The maximum atomic E-state index is 11.3. The smallest absolute Gasteiger partial charge is 0.336 e. The first kappa shape index (κ1) is 15.4. The number of hydrogen-bond donors (Lipinski definition) is 2. The van der Waals surface area contributed by atoms with Gasteiger partial charge in [-0.1, -0.05) is 0 Å². The highest BCUT2D eigenvalue weighted by atomic mass is 32.2. The van der Waals surface area contributed by atoms with Gasteiger partial charge in [-0.2, -0.15) is 0 Å². The van der Waals surface area contributed by atoms with Gasteiger partial charge < -0.3 is 5.11 Å². The van der Waals surface area contributed by atoms with Gasteiger partial charge in [-0.25, -0.2) is 28.3 Å². The van der Waals surface area contributed by atoms with Crippen LogP contribution in [0, 0.1) is 6.92 Å². The third-order valence-corrected chi connectivity index (χ3v) is 4.35. The first-order chi connectivity index (χ1) is 9.77. The number of nitrogens with two attached hydrogens (primary N) is 1. The summed E-state index contributed by atoms with van der Waals surface area (Å²) in [6, 6.07) is 3.64. The fraction of sp³-hybridized carbons (Fsp3) is 0.0833. The predicted molar refractivity (Wildman–Crippen MR) is 75.7 cm³/mol.